The Balaban J connectivity index is 1.98. The van der Waals surface area contributed by atoms with Crippen LogP contribution in [0, 0.1) is 6.92 Å². The van der Waals surface area contributed by atoms with E-state index in [-0.39, 0.29) is 21.2 Å². The summed E-state index contributed by atoms with van der Waals surface area (Å²) < 4.78 is 31.1. The van der Waals surface area contributed by atoms with Crippen LogP contribution in [0.25, 0.3) is 5.69 Å². The topological polar surface area (TPSA) is 102 Å². The number of nitrogens with one attached hydrogen (secondary N) is 2. The van der Waals surface area contributed by atoms with Gasteiger partial charge >= 0.3 is 0 Å². The maximum atomic E-state index is 13.0. The summed E-state index contributed by atoms with van der Waals surface area (Å²) in [6.07, 6.45) is 0. The highest BCUT2D eigenvalue weighted by Gasteiger charge is 2.26. The van der Waals surface area contributed by atoms with Gasteiger partial charge in [0, 0.05) is 18.2 Å². The third kappa shape index (κ3) is 4.79. The summed E-state index contributed by atoms with van der Waals surface area (Å²) in [6, 6.07) is 13.0. The van der Waals surface area contributed by atoms with Crippen LogP contribution in [0.15, 0.2) is 58.2 Å². The normalized spacial score (nSPS) is 12.1. The van der Waals surface area contributed by atoms with Gasteiger partial charge in [0.2, 0.25) is 10.0 Å². The van der Waals surface area contributed by atoms with Crippen molar-refractivity contribution in [2.45, 2.75) is 38.1 Å². The first-order chi connectivity index (χ1) is 14.8. The SMILES string of the molecule is Cc1c(NC(=O)c2ccc(Cl)c(S(=O)(=O)NC(C)(C)C)c2)c(=O)n(-c2ccccc2)n1C. The van der Waals surface area contributed by atoms with Gasteiger partial charge in [-0.15, -0.1) is 0 Å². The van der Waals surface area contributed by atoms with E-state index in [0.29, 0.717) is 11.4 Å². The zero-order valence-corrected chi connectivity index (χ0v) is 20.0. The van der Waals surface area contributed by atoms with Crippen LogP contribution in [0.4, 0.5) is 5.69 Å². The molecule has 0 radical (unpaired) electrons. The van der Waals surface area contributed by atoms with Crippen LogP contribution < -0.4 is 15.6 Å². The van der Waals surface area contributed by atoms with E-state index in [9.17, 15) is 18.0 Å². The monoisotopic (exact) mass is 476 g/mol. The Morgan fingerprint density at radius 2 is 1.69 bits per heavy atom. The van der Waals surface area contributed by atoms with E-state index >= 15 is 0 Å². The number of carbonyl (C=O) groups excluding carboxylic acids is 1. The Morgan fingerprint density at radius 3 is 2.28 bits per heavy atom. The summed E-state index contributed by atoms with van der Waals surface area (Å²) in [4.78, 5) is 25.7. The first-order valence-corrected chi connectivity index (χ1v) is 11.7. The van der Waals surface area contributed by atoms with Gasteiger partial charge in [0.25, 0.3) is 11.5 Å². The largest absolute Gasteiger partial charge is 0.316 e. The van der Waals surface area contributed by atoms with Gasteiger partial charge in [-0.25, -0.2) is 17.8 Å². The van der Waals surface area contributed by atoms with E-state index in [1.54, 1.807) is 51.6 Å². The number of halogens is 1. The minimum Gasteiger partial charge on any atom is -0.316 e. The predicted octanol–water partition coefficient (Wildman–Crippen LogP) is 3.47. The number of hydrogen-bond donors (Lipinski definition) is 2. The molecule has 0 spiro atoms. The van der Waals surface area contributed by atoms with Gasteiger partial charge in [0.1, 0.15) is 10.6 Å². The van der Waals surface area contributed by atoms with Crippen molar-refractivity contribution >= 4 is 33.2 Å². The summed E-state index contributed by atoms with van der Waals surface area (Å²) in [6.45, 7) is 6.81. The van der Waals surface area contributed by atoms with Crippen molar-refractivity contribution in [2.24, 2.45) is 7.05 Å². The highest BCUT2D eigenvalue weighted by atomic mass is 35.5. The molecule has 0 aliphatic carbocycles. The van der Waals surface area contributed by atoms with Gasteiger partial charge in [-0.2, -0.15) is 0 Å². The van der Waals surface area contributed by atoms with Crippen LogP contribution in [-0.4, -0.2) is 29.2 Å². The van der Waals surface area contributed by atoms with Gasteiger partial charge in [-0.1, -0.05) is 29.8 Å². The van der Waals surface area contributed by atoms with E-state index in [1.165, 1.54) is 22.9 Å². The number of para-hydroxylation sites is 1. The lowest BCUT2D eigenvalue weighted by molar-refractivity contribution is 0.102. The first-order valence-electron chi connectivity index (χ1n) is 9.81. The van der Waals surface area contributed by atoms with Crippen LogP contribution in [0.1, 0.15) is 36.8 Å². The average molecular weight is 477 g/mol. The fourth-order valence-corrected chi connectivity index (χ4v) is 5.15. The number of carbonyl (C=O) groups is 1. The van der Waals surface area contributed by atoms with Gasteiger partial charge in [0.05, 0.1) is 16.4 Å². The second kappa shape index (κ2) is 8.57. The highest BCUT2D eigenvalue weighted by Crippen LogP contribution is 2.25. The van der Waals surface area contributed by atoms with Crippen LogP contribution >= 0.6 is 11.6 Å². The Bertz CT molecular complexity index is 1340. The number of amides is 1. The van der Waals surface area contributed by atoms with Gasteiger partial charge < -0.3 is 5.32 Å². The van der Waals surface area contributed by atoms with Gasteiger partial charge in [0.15, 0.2) is 0 Å². The molecule has 3 aromatic rings. The van der Waals surface area contributed by atoms with Crippen molar-refractivity contribution in [1.82, 2.24) is 14.1 Å². The molecule has 0 fully saturated rings. The molecule has 0 unspecified atom stereocenters. The maximum absolute atomic E-state index is 13.0. The summed E-state index contributed by atoms with van der Waals surface area (Å²) in [5, 5.41) is 2.61. The molecule has 2 aromatic carbocycles. The molecule has 0 aliphatic heterocycles. The molecule has 1 amide bonds. The molecule has 10 heteroatoms. The summed E-state index contributed by atoms with van der Waals surface area (Å²) in [5.41, 5.74) is 0.219. The molecule has 0 atom stereocenters. The summed E-state index contributed by atoms with van der Waals surface area (Å²) >= 11 is 6.11. The lowest BCUT2D eigenvalue weighted by atomic mass is 10.1. The predicted molar refractivity (Wildman–Crippen MR) is 125 cm³/mol. The van der Waals surface area contributed by atoms with E-state index in [2.05, 4.69) is 10.0 Å². The van der Waals surface area contributed by atoms with Crippen molar-refractivity contribution in [3.05, 3.63) is 75.2 Å². The molecule has 3 rings (SSSR count). The first kappa shape index (κ1) is 23.8. The Morgan fingerprint density at radius 1 is 1.06 bits per heavy atom. The van der Waals surface area contributed by atoms with E-state index in [4.69, 9.17) is 11.6 Å². The lowest BCUT2D eigenvalue weighted by Crippen LogP contribution is -2.40. The molecule has 0 aliphatic rings. The number of benzene rings is 2. The van der Waals surface area contributed by atoms with E-state index < -0.39 is 27.0 Å². The molecule has 0 saturated heterocycles. The van der Waals surface area contributed by atoms with Crippen LogP contribution in [-0.2, 0) is 17.1 Å². The minimum absolute atomic E-state index is 0.0133. The molecule has 1 aromatic heterocycles. The zero-order chi connectivity index (χ0) is 23.8. The van der Waals surface area contributed by atoms with E-state index in [1.807, 2.05) is 18.2 Å². The highest BCUT2D eigenvalue weighted by molar-refractivity contribution is 7.89. The Hall–Kier alpha value is -2.88. The number of anilines is 1. The lowest BCUT2D eigenvalue weighted by Gasteiger charge is -2.21. The third-order valence-corrected chi connectivity index (χ3v) is 6.96. The smallest absolute Gasteiger partial charge is 0.295 e. The van der Waals surface area contributed by atoms with Gasteiger partial charge in [-0.05, 0) is 58.0 Å². The van der Waals surface area contributed by atoms with Crippen LogP contribution in [0.5, 0.6) is 0 Å². The van der Waals surface area contributed by atoms with Gasteiger partial charge in [-0.3, -0.25) is 14.3 Å². The molecule has 32 heavy (non-hydrogen) atoms. The fourth-order valence-electron chi connectivity index (χ4n) is 3.21. The quantitative estimate of drug-likeness (QED) is 0.588. The van der Waals surface area contributed by atoms with Crippen LogP contribution in [0.2, 0.25) is 5.02 Å². The third-order valence-electron chi connectivity index (χ3n) is 4.72. The molecule has 0 bridgehead atoms. The molecule has 1 heterocycles. The van der Waals surface area contributed by atoms with E-state index in [0.717, 1.165) is 0 Å². The summed E-state index contributed by atoms with van der Waals surface area (Å²) in [5.74, 6) is -0.625. The molecular weight excluding hydrogens is 452 g/mol. The second-order valence-electron chi connectivity index (χ2n) is 8.39. The number of nitrogens with zero attached hydrogens (tertiary/aromatic N) is 2. The molecule has 0 saturated carbocycles. The average Bonchev–Trinajstić information content (AvgIpc) is 2.90. The number of aromatic nitrogens is 2. The molecular formula is C22H25ClN4O4S. The number of hydrogen-bond acceptors (Lipinski definition) is 4. The maximum Gasteiger partial charge on any atom is 0.295 e. The fraction of sp³-hybridized carbons (Fsp3) is 0.273. The minimum atomic E-state index is -3.96. The van der Waals surface area contributed by atoms with Crippen molar-refractivity contribution in [3.8, 4) is 5.69 Å². The molecule has 170 valence electrons. The van der Waals surface area contributed by atoms with Crippen molar-refractivity contribution in [2.75, 3.05) is 5.32 Å². The Labute approximate surface area is 191 Å². The molecule has 2 N–H and O–H groups in total. The Kier molecular flexibility index (Phi) is 6.37. The van der Waals surface area contributed by atoms with Crippen LogP contribution in [0.3, 0.4) is 0 Å². The second-order valence-corrected chi connectivity index (χ2v) is 10.4. The summed E-state index contributed by atoms with van der Waals surface area (Å²) in [7, 11) is -2.25. The van der Waals surface area contributed by atoms with Crippen molar-refractivity contribution in [3.63, 3.8) is 0 Å². The molecule has 8 nitrogen and oxygen atoms in total. The van der Waals surface area contributed by atoms with Crippen molar-refractivity contribution < 1.29 is 13.2 Å². The zero-order valence-electron chi connectivity index (χ0n) is 18.4. The standard InChI is InChI=1S/C22H25ClN4O4S/c1-14-19(21(29)27(26(14)5)16-9-7-6-8-10-16)24-20(28)15-11-12-17(23)18(13-15)32(30,31)25-22(2,3)4/h6-13,25H,1-5H3,(H,24,28). The van der Waals surface area contributed by atoms with Crippen molar-refractivity contribution in [1.29, 1.82) is 0 Å². The number of rotatable bonds is 5. The number of sulfonamides is 1.